The maximum atomic E-state index is 5.26. The van der Waals surface area contributed by atoms with Crippen LogP contribution in [0.3, 0.4) is 0 Å². The SMILES string of the molecule is COc1cccc(Nc2cc(Nc3ccc(C(C)C)cc3)nc(C)n2)c1. The van der Waals surface area contributed by atoms with Gasteiger partial charge in [0, 0.05) is 23.5 Å². The van der Waals surface area contributed by atoms with Gasteiger partial charge in [0.15, 0.2) is 0 Å². The standard InChI is InChI=1S/C21H24N4O/c1-14(2)16-8-10-17(11-9-16)24-20-13-21(23-15(3)22-20)25-18-6-5-7-19(12-18)26-4/h5-14H,1-4H3,(H2,22,23,24,25). The smallest absolute Gasteiger partial charge is 0.136 e. The third-order valence-electron chi connectivity index (χ3n) is 4.03. The second kappa shape index (κ2) is 7.87. The summed E-state index contributed by atoms with van der Waals surface area (Å²) >= 11 is 0. The van der Waals surface area contributed by atoms with Gasteiger partial charge in [-0.25, -0.2) is 9.97 Å². The predicted octanol–water partition coefficient (Wildman–Crippen LogP) is 5.40. The number of ether oxygens (including phenoxy) is 1. The van der Waals surface area contributed by atoms with Crippen LogP contribution in [0.15, 0.2) is 54.6 Å². The first-order chi connectivity index (χ1) is 12.5. The second-order valence-electron chi connectivity index (χ2n) is 6.44. The van der Waals surface area contributed by atoms with E-state index in [1.807, 2.05) is 37.3 Å². The summed E-state index contributed by atoms with van der Waals surface area (Å²) in [6.45, 7) is 6.25. The highest BCUT2D eigenvalue weighted by atomic mass is 16.5. The van der Waals surface area contributed by atoms with Crippen LogP contribution in [0.2, 0.25) is 0 Å². The molecule has 0 bridgehead atoms. The summed E-state index contributed by atoms with van der Waals surface area (Å²) in [7, 11) is 1.65. The summed E-state index contributed by atoms with van der Waals surface area (Å²) in [6.07, 6.45) is 0. The molecule has 0 spiro atoms. The number of methoxy groups -OCH3 is 1. The van der Waals surface area contributed by atoms with E-state index in [0.717, 1.165) is 28.8 Å². The van der Waals surface area contributed by atoms with Gasteiger partial charge in [-0.3, -0.25) is 0 Å². The van der Waals surface area contributed by atoms with E-state index in [2.05, 4.69) is 58.7 Å². The van der Waals surface area contributed by atoms with Crippen LogP contribution in [-0.2, 0) is 0 Å². The Hall–Kier alpha value is -3.08. The lowest BCUT2D eigenvalue weighted by molar-refractivity contribution is 0.415. The zero-order valence-corrected chi connectivity index (χ0v) is 15.6. The van der Waals surface area contributed by atoms with E-state index in [1.165, 1.54) is 5.56 Å². The second-order valence-corrected chi connectivity index (χ2v) is 6.44. The molecule has 5 heteroatoms. The molecule has 26 heavy (non-hydrogen) atoms. The van der Waals surface area contributed by atoms with Crippen molar-refractivity contribution in [2.75, 3.05) is 17.7 Å². The number of aromatic nitrogens is 2. The van der Waals surface area contributed by atoms with E-state index in [0.29, 0.717) is 11.7 Å². The lowest BCUT2D eigenvalue weighted by Crippen LogP contribution is -2.01. The van der Waals surface area contributed by atoms with E-state index in [-0.39, 0.29) is 0 Å². The number of rotatable bonds is 6. The van der Waals surface area contributed by atoms with Gasteiger partial charge in [-0.15, -0.1) is 0 Å². The summed E-state index contributed by atoms with van der Waals surface area (Å²) < 4.78 is 5.26. The molecular weight excluding hydrogens is 324 g/mol. The molecule has 1 aromatic heterocycles. The van der Waals surface area contributed by atoms with E-state index in [4.69, 9.17) is 4.74 Å². The van der Waals surface area contributed by atoms with E-state index in [9.17, 15) is 0 Å². The number of nitrogens with zero attached hydrogens (tertiary/aromatic N) is 2. The summed E-state index contributed by atoms with van der Waals surface area (Å²) in [5, 5.41) is 6.64. The summed E-state index contributed by atoms with van der Waals surface area (Å²) in [4.78, 5) is 8.94. The number of hydrogen-bond donors (Lipinski definition) is 2. The van der Waals surface area contributed by atoms with Crippen LogP contribution in [-0.4, -0.2) is 17.1 Å². The van der Waals surface area contributed by atoms with Crippen LogP contribution in [0.1, 0.15) is 31.2 Å². The molecule has 2 aromatic carbocycles. The molecule has 5 nitrogen and oxygen atoms in total. The fraction of sp³-hybridized carbons (Fsp3) is 0.238. The number of aryl methyl sites for hydroxylation is 1. The predicted molar refractivity (Wildman–Crippen MR) is 107 cm³/mol. The monoisotopic (exact) mass is 348 g/mol. The van der Waals surface area contributed by atoms with Gasteiger partial charge in [0.25, 0.3) is 0 Å². The average Bonchev–Trinajstić information content (AvgIpc) is 2.62. The Morgan fingerprint density at radius 3 is 2.12 bits per heavy atom. The van der Waals surface area contributed by atoms with Gasteiger partial charge in [0.2, 0.25) is 0 Å². The first-order valence-corrected chi connectivity index (χ1v) is 8.67. The lowest BCUT2D eigenvalue weighted by atomic mass is 10.0. The third kappa shape index (κ3) is 4.51. The van der Waals surface area contributed by atoms with Crippen LogP contribution >= 0.6 is 0 Å². The first-order valence-electron chi connectivity index (χ1n) is 8.67. The molecule has 0 radical (unpaired) electrons. The van der Waals surface area contributed by atoms with Crippen molar-refractivity contribution in [3.8, 4) is 5.75 Å². The Labute approximate surface area is 154 Å². The molecule has 3 rings (SSSR count). The highest BCUT2D eigenvalue weighted by Crippen LogP contribution is 2.24. The van der Waals surface area contributed by atoms with Gasteiger partial charge in [-0.2, -0.15) is 0 Å². The fourth-order valence-electron chi connectivity index (χ4n) is 2.64. The lowest BCUT2D eigenvalue weighted by Gasteiger charge is -2.12. The molecule has 0 fully saturated rings. The molecule has 134 valence electrons. The third-order valence-corrected chi connectivity index (χ3v) is 4.03. The van der Waals surface area contributed by atoms with Crippen molar-refractivity contribution in [3.63, 3.8) is 0 Å². The molecule has 0 aliphatic heterocycles. The van der Waals surface area contributed by atoms with Crippen molar-refractivity contribution in [2.24, 2.45) is 0 Å². The van der Waals surface area contributed by atoms with Gasteiger partial charge >= 0.3 is 0 Å². The number of nitrogens with one attached hydrogen (secondary N) is 2. The molecule has 0 aliphatic rings. The molecule has 0 atom stereocenters. The number of benzene rings is 2. The Morgan fingerprint density at radius 2 is 1.50 bits per heavy atom. The van der Waals surface area contributed by atoms with E-state index in [1.54, 1.807) is 7.11 Å². The first kappa shape index (κ1) is 17.7. The molecule has 0 saturated heterocycles. The Morgan fingerprint density at radius 1 is 0.846 bits per heavy atom. The molecular formula is C21H24N4O. The van der Waals surface area contributed by atoms with Gasteiger partial charge in [0.1, 0.15) is 23.2 Å². The zero-order chi connectivity index (χ0) is 18.5. The van der Waals surface area contributed by atoms with Crippen molar-refractivity contribution in [1.82, 2.24) is 9.97 Å². The normalized spacial score (nSPS) is 10.7. The number of anilines is 4. The van der Waals surface area contributed by atoms with Gasteiger partial charge in [-0.1, -0.05) is 32.0 Å². The maximum absolute atomic E-state index is 5.26. The zero-order valence-electron chi connectivity index (χ0n) is 15.6. The molecule has 1 heterocycles. The summed E-state index contributed by atoms with van der Waals surface area (Å²) in [6, 6.07) is 18.0. The topological polar surface area (TPSA) is 59.1 Å². The minimum atomic E-state index is 0.518. The van der Waals surface area contributed by atoms with Crippen molar-refractivity contribution in [1.29, 1.82) is 0 Å². The Bertz CT molecular complexity index is 875. The fourth-order valence-corrected chi connectivity index (χ4v) is 2.64. The van der Waals surface area contributed by atoms with Gasteiger partial charge in [-0.05, 0) is 42.7 Å². The maximum Gasteiger partial charge on any atom is 0.136 e. The molecule has 2 N–H and O–H groups in total. The Balaban J connectivity index is 1.78. The largest absolute Gasteiger partial charge is 0.497 e. The van der Waals surface area contributed by atoms with Crippen LogP contribution < -0.4 is 15.4 Å². The van der Waals surface area contributed by atoms with Crippen molar-refractivity contribution < 1.29 is 4.74 Å². The van der Waals surface area contributed by atoms with Crippen LogP contribution in [0.25, 0.3) is 0 Å². The highest BCUT2D eigenvalue weighted by Gasteiger charge is 2.05. The quantitative estimate of drug-likeness (QED) is 0.624. The Kier molecular flexibility index (Phi) is 5.37. The summed E-state index contributed by atoms with van der Waals surface area (Å²) in [5.41, 5.74) is 3.23. The highest BCUT2D eigenvalue weighted by molar-refractivity contribution is 5.64. The molecule has 0 unspecified atom stereocenters. The minimum absolute atomic E-state index is 0.518. The van der Waals surface area contributed by atoms with E-state index >= 15 is 0 Å². The van der Waals surface area contributed by atoms with Crippen molar-refractivity contribution in [3.05, 3.63) is 66.0 Å². The van der Waals surface area contributed by atoms with Gasteiger partial charge in [0.05, 0.1) is 7.11 Å². The molecule has 0 amide bonds. The van der Waals surface area contributed by atoms with Crippen LogP contribution in [0, 0.1) is 6.92 Å². The molecule has 0 aliphatic carbocycles. The van der Waals surface area contributed by atoms with Crippen LogP contribution in [0.4, 0.5) is 23.0 Å². The van der Waals surface area contributed by atoms with Crippen molar-refractivity contribution >= 4 is 23.0 Å². The average molecular weight is 348 g/mol. The number of hydrogen-bond acceptors (Lipinski definition) is 5. The van der Waals surface area contributed by atoms with E-state index < -0.39 is 0 Å². The minimum Gasteiger partial charge on any atom is -0.497 e. The van der Waals surface area contributed by atoms with Gasteiger partial charge < -0.3 is 15.4 Å². The van der Waals surface area contributed by atoms with Crippen LogP contribution in [0.5, 0.6) is 5.75 Å². The van der Waals surface area contributed by atoms with Crippen molar-refractivity contribution in [2.45, 2.75) is 26.7 Å². The molecule has 0 saturated carbocycles. The summed E-state index contributed by atoms with van der Waals surface area (Å²) in [5.74, 6) is 3.49. The molecule has 3 aromatic rings.